The molecule has 29 heavy (non-hydrogen) atoms. The van der Waals surface area contributed by atoms with Crippen molar-refractivity contribution in [2.45, 2.75) is 0 Å². The summed E-state index contributed by atoms with van der Waals surface area (Å²) in [4.78, 5) is 24.6. The molecule has 6 nitrogen and oxygen atoms in total. The summed E-state index contributed by atoms with van der Waals surface area (Å²) in [6.07, 6.45) is 0. The largest absolute Gasteiger partial charge is 0.484 e. The van der Waals surface area contributed by atoms with Crippen LogP contribution in [0.3, 0.4) is 0 Å². The molecule has 0 fully saturated rings. The predicted octanol–water partition coefficient (Wildman–Crippen LogP) is 4.32. The second-order valence-corrected chi connectivity index (χ2v) is 6.70. The van der Waals surface area contributed by atoms with Crippen molar-refractivity contribution in [2.75, 3.05) is 18.7 Å². The van der Waals surface area contributed by atoms with Gasteiger partial charge in [-0.2, -0.15) is 0 Å². The highest BCUT2D eigenvalue weighted by Crippen LogP contribution is 2.34. The molecule has 3 aromatic rings. The Morgan fingerprint density at radius 1 is 0.897 bits per heavy atom. The Morgan fingerprint density at radius 3 is 2.28 bits per heavy atom. The molecule has 0 unspecified atom stereocenters. The van der Waals surface area contributed by atoms with E-state index in [0.29, 0.717) is 39.1 Å². The summed E-state index contributed by atoms with van der Waals surface area (Å²) in [5.74, 6) is 1.29. The van der Waals surface area contributed by atoms with Gasteiger partial charge in [0.25, 0.3) is 5.91 Å². The van der Waals surface area contributed by atoms with Crippen LogP contribution in [0.25, 0.3) is 0 Å². The number of hydrogen-bond acceptors (Lipinski definition) is 5. The van der Waals surface area contributed by atoms with E-state index in [2.05, 4.69) is 5.32 Å². The summed E-state index contributed by atoms with van der Waals surface area (Å²) in [6.45, 7) is 0.00524. The van der Waals surface area contributed by atoms with Crippen LogP contribution in [-0.4, -0.2) is 25.1 Å². The van der Waals surface area contributed by atoms with Gasteiger partial charge >= 0.3 is 0 Å². The number of carbonyl (C=O) groups is 2. The fourth-order valence-electron chi connectivity index (χ4n) is 2.79. The van der Waals surface area contributed by atoms with E-state index >= 15 is 0 Å². The predicted molar refractivity (Wildman–Crippen MR) is 108 cm³/mol. The van der Waals surface area contributed by atoms with Crippen molar-refractivity contribution in [1.82, 2.24) is 0 Å². The SMILES string of the molecule is O=C(COc1ccc(C(=O)c2ccc(Cl)cc2)cc1)Nc1ccc2c(c1)OCO2. The first-order valence-electron chi connectivity index (χ1n) is 8.81. The van der Waals surface area contributed by atoms with E-state index in [0.717, 1.165) is 0 Å². The smallest absolute Gasteiger partial charge is 0.262 e. The van der Waals surface area contributed by atoms with Gasteiger partial charge < -0.3 is 19.5 Å². The number of anilines is 1. The summed E-state index contributed by atoms with van der Waals surface area (Å²) in [5.41, 5.74) is 1.66. The van der Waals surface area contributed by atoms with Crippen molar-refractivity contribution >= 4 is 29.0 Å². The number of ketones is 1. The lowest BCUT2D eigenvalue weighted by molar-refractivity contribution is -0.118. The number of fused-ring (bicyclic) bond motifs is 1. The minimum atomic E-state index is -0.315. The van der Waals surface area contributed by atoms with Gasteiger partial charge in [0.05, 0.1) is 0 Å². The number of nitrogens with one attached hydrogen (secondary N) is 1. The van der Waals surface area contributed by atoms with Gasteiger partial charge in [-0.15, -0.1) is 0 Å². The molecule has 7 heteroatoms. The van der Waals surface area contributed by atoms with Crippen LogP contribution in [0, 0.1) is 0 Å². The Hall–Kier alpha value is -3.51. The van der Waals surface area contributed by atoms with Crippen LogP contribution in [0.1, 0.15) is 15.9 Å². The molecule has 146 valence electrons. The van der Waals surface area contributed by atoms with Gasteiger partial charge in [0, 0.05) is 27.9 Å². The quantitative estimate of drug-likeness (QED) is 0.614. The Morgan fingerprint density at radius 2 is 1.55 bits per heavy atom. The normalized spacial score (nSPS) is 11.8. The fourth-order valence-corrected chi connectivity index (χ4v) is 2.92. The Labute approximate surface area is 172 Å². The van der Waals surface area contributed by atoms with E-state index in [1.54, 1.807) is 66.7 Å². The summed E-state index contributed by atoms with van der Waals surface area (Å²) in [5, 5.41) is 3.31. The average molecular weight is 410 g/mol. The number of hydrogen-bond donors (Lipinski definition) is 1. The molecule has 1 amide bonds. The van der Waals surface area contributed by atoms with Crippen LogP contribution >= 0.6 is 11.6 Å². The molecule has 1 aliphatic rings. The third-order valence-electron chi connectivity index (χ3n) is 4.25. The maximum absolute atomic E-state index is 12.5. The van der Waals surface area contributed by atoms with Gasteiger partial charge in [0.1, 0.15) is 5.75 Å². The highest BCUT2D eigenvalue weighted by Gasteiger charge is 2.14. The average Bonchev–Trinajstić information content (AvgIpc) is 3.20. The number of halogens is 1. The molecule has 0 bridgehead atoms. The van der Waals surface area contributed by atoms with Crippen LogP contribution < -0.4 is 19.5 Å². The van der Waals surface area contributed by atoms with Gasteiger partial charge in [0.2, 0.25) is 6.79 Å². The van der Waals surface area contributed by atoms with Crippen molar-refractivity contribution in [1.29, 1.82) is 0 Å². The summed E-state index contributed by atoms with van der Waals surface area (Å²) in [6, 6.07) is 18.5. The van der Waals surface area contributed by atoms with Gasteiger partial charge in [-0.3, -0.25) is 9.59 Å². The van der Waals surface area contributed by atoms with Crippen LogP contribution in [0.4, 0.5) is 5.69 Å². The topological polar surface area (TPSA) is 73.9 Å². The third kappa shape index (κ3) is 4.50. The zero-order valence-electron chi connectivity index (χ0n) is 15.2. The Bertz CT molecular complexity index is 1050. The molecule has 1 aliphatic heterocycles. The van der Waals surface area contributed by atoms with Crippen LogP contribution in [-0.2, 0) is 4.79 Å². The first-order chi connectivity index (χ1) is 14.1. The molecule has 0 radical (unpaired) electrons. The molecule has 0 spiro atoms. The van der Waals surface area contributed by atoms with Crippen molar-refractivity contribution in [2.24, 2.45) is 0 Å². The highest BCUT2D eigenvalue weighted by atomic mass is 35.5. The molecule has 0 saturated heterocycles. The molecule has 3 aromatic carbocycles. The van der Waals surface area contributed by atoms with Crippen molar-refractivity contribution < 1.29 is 23.8 Å². The van der Waals surface area contributed by atoms with Crippen molar-refractivity contribution in [3.63, 3.8) is 0 Å². The third-order valence-corrected chi connectivity index (χ3v) is 4.50. The van der Waals surface area contributed by atoms with E-state index in [4.69, 9.17) is 25.8 Å². The first kappa shape index (κ1) is 18.8. The maximum Gasteiger partial charge on any atom is 0.262 e. The minimum absolute atomic E-state index is 0.117. The zero-order chi connectivity index (χ0) is 20.2. The first-order valence-corrected chi connectivity index (χ1v) is 9.19. The molecule has 1 N–H and O–H groups in total. The maximum atomic E-state index is 12.5. The van der Waals surface area contributed by atoms with Gasteiger partial charge in [0.15, 0.2) is 23.9 Å². The molecule has 1 heterocycles. The second-order valence-electron chi connectivity index (χ2n) is 6.27. The molecule has 4 rings (SSSR count). The number of amides is 1. The lowest BCUT2D eigenvalue weighted by Crippen LogP contribution is -2.20. The van der Waals surface area contributed by atoms with Crippen LogP contribution in [0.2, 0.25) is 5.02 Å². The lowest BCUT2D eigenvalue weighted by Gasteiger charge is -2.09. The zero-order valence-corrected chi connectivity index (χ0v) is 15.9. The monoisotopic (exact) mass is 409 g/mol. The Kier molecular flexibility index (Phi) is 5.35. The number of rotatable bonds is 6. The number of carbonyl (C=O) groups excluding carboxylic acids is 2. The fraction of sp³-hybridized carbons (Fsp3) is 0.0909. The van der Waals surface area contributed by atoms with Gasteiger partial charge in [-0.25, -0.2) is 0 Å². The highest BCUT2D eigenvalue weighted by molar-refractivity contribution is 6.30. The molecule has 0 aromatic heterocycles. The molecular formula is C22H16ClNO5. The molecular weight excluding hydrogens is 394 g/mol. The van der Waals surface area contributed by atoms with E-state index in [-0.39, 0.29) is 25.1 Å². The van der Waals surface area contributed by atoms with E-state index in [1.807, 2.05) is 0 Å². The number of ether oxygens (including phenoxy) is 3. The summed E-state index contributed by atoms with van der Waals surface area (Å²) in [7, 11) is 0. The second kappa shape index (κ2) is 8.24. The van der Waals surface area contributed by atoms with E-state index in [1.165, 1.54) is 0 Å². The van der Waals surface area contributed by atoms with Gasteiger partial charge in [-0.1, -0.05) is 11.6 Å². The van der Waals surface area contributed by atoms with E-state index in [9.17, 15) is 9.59 Å². The van der Waals surface area contributed by atoms with E-state index < -0.39 is 0 Å². The lowest BCUT2D eigenvalue weighted by atomic mass is 10.0. The molecule has 0 saturated carbocycles. The number of benzene rings is 3. The van der Waals surface area contributed by atoms with Gasteiger partial charge in [-0.05, 0) is 60.7 Å². The molecule has 0 aliphatic carbocycles. The Balaban J connectivity index is 1.32. The standard InChI is InChI=1S/C22H16ClNO5/c23-16-5-1-14(2-6-16)22(26)15-3-8-18(9-4-15)27-12-21(25)24-17-7-10-19-20(11-17)29-13-28-19/h1-11H,12-13H2,(H,24,25). The van der Waals surface area contributed by atoms with Crippen LogP contribution in [0.5, 0.6) is 17.2 Å². The van der Waals surface area contributed by atoms with Crippen molar-refractivity contribution in [3.05, 3.63) is 82.9 Å². The van der Waals surface area contributed by atoms with Crippen LogP contribution in [0.15, 0.2) is 66.7 Å². The summed E-state index contributed by atoms with van der Waals surface area (Å²) >= 11 is 5.85. The minimum Gasteiger partial charge on any atom is -0.484 e. The molecule has 0 atom stereocenters. The van der Waals surface area contributed by atoms with Crippen molar-refractivity contribution in [3.8, 4) is 17.2 Å². The summed E-state index contributed by atoms with van der Waals surface area (Å²) < 4.78 is 16.0.